The Morgan fingerprint density at radius 1 is 1.23 bits per heavy atom. The first-order chi connectivity index (χ1) is 12.4. The molecule has 2 rings (SSSR count). The van der Waals surface area contributed by atoms with Crippen LogP contribution in [-0.2, 0) is 10.0 Å². The molecule has 0 aliphatic carbocycles. The lowest BCUT2D eigenvalue weighted by molar-refractivity contribution is 0.238. The fraction of sp³-hybridized carbons (Fsp3) is 0.412. The Morgan fingerprint density at radius 2 is 1.96 bits per heavy atom. The summed E-state index contributed by atoms with van der Waals surface area (Å²) in [4.78, 5) is 15.9. The van der Waals surface area contributed by atoms with Gasteiger partial charge in [-0.3, -0.25) is 0 Å². The van der Waals surface area contributed by atoms with Gasteiger partial charge in [-0.2, -0.15) is 0 Å². The Bertz CT molecular complexity index is 788. The molecule has 1 heterocycles. The molecule has 3 N–H and O–H groups in total. The fourth-order valence-electron chi connectivity index (χ4n) is 2.30. The van der Waals surface area contributed by atoms with Crippen molar-refractivity contribution in [3.8, 4) is 5.69 Å². The summed E-state index contributed by atoms with van der Waals surface area (Å²) in [7, 11) is -3.18. The van der Waals surface area contributed by atoms with Crippen molar-refractivity contribution >= 4 is 16.1 Å². The number of carbonyl (C=O) groups is 1. The van der Waals surface area contributed by atoms with Crippen molar-refractivity contribution in [1.82, 2.24) is 24.9 Å². The second-order valence-corrected chi connectivity index (χ2v) is 7.93. The van der Waals surface area contributed by atoms with E-state index in [1.165, 1.54) is 0 Å². The van der Waals surface area contributed by atoms with Gasteiger partial charge in [0.2, 0.25) is 10.0 Å². The molecule has 0 radical (unpaired) electrons. The maximum atomic E-state index is 11.9. The van der Waals surface area contributed by atoms with Crippen LogP contribution in [0, 0.1) is 0 Å². The highest BCUT2D eigenvalue weighted by atomic mass is 32.2. The normalized spacial score (nSPS) is 12.5. The van der Waals surface area contributed by atoms with Crippen molar-refractivity contribution in [3.63, 3.8) is 0 Å². The SMILES string of the molecule is CCS(=O)(=O)NCCCNC(=O)NC(C)c1ccc(-n2ccnc2)cc1. The van der Waals surface area contributed by atoms with E-state index in [0.29, 0.717) is 19.5 Å². The second kappa shape index (κ2) is 9.35. The Balaban J connectivity index is 1.73. The van der Waals surface area contributed by atoms with Crippen LogP contribution in [0.15, 0.2) is 43.0 Å². The number of carbonyl (C=O) groups excluding carboxylic acids is 1. The van der Waals surface area contributed by atoms with Gasteiger partial charge in [-0.05, 0) is 38.0 Å². The molecule has 1 atom stereocenters. The zero-order chi connectivity index (χ0) is 19.0. The molecule has 0 saturated carbocycles. The number of sulfonamides is 1. The molecule has 1 aromatic carbocycles. The summed E-state index contributed by atoms with van der Waals surface area (Å²) in [6, 6.07) is 7.42. The molecule has 0 aliphatic rings. The average molecular weight is 379 g/mol. The molecule has 2 aromatic rings. The van der Waals surface area contributed by atoms with Crippen LogP contribution < -0.4 is 15.4 Å². The molecule has 0 bridgehead atoms. The third-order valence-corrected chi connectivity index (χ3v) is 5.29. The number of urea groups is 1. The Hall–Kier alpha value is -2.39. The van der Waals surface area contributed by atoms with Crippen molar-refractivity contribution in [2.24, 2.45) is 0 Å². The molecule has 1 aromatic heterocycles. The van der Waals surface area contributed by atoms with E-state index in [2.05, 4.69) is 20.3 Å². The first-order valence-electron chi connectivity index (χ1n) is 8.51. The van der Waals surface area contributed by atoms with Gasteiger partial charge in [0.25, 0.3) is 0 Å². The van der Waals surface area contributed by atoms with Crippen LogP contribution in [0.4, 0.5) is 4.79 Å². The number of benzene rings is 1. The number of nitrogens with zero attached hydrogens (tertiary/aromatic N) is 2. The maximum Gasteiger partial charge on any atom is 0.315 e. The van der Waals surface area contributed by atoms with Crippen LogP contribution in [0.1, 0.15) is 31.9 Å². The molecule has 0 spiro atoms. The minimum absolute atomic E-state index is 0.0536. The van der Waals surface area contributed by atoms with E-state index in [1.54, 1.807) is 19.4 Å². The smallest absolute Gasteiger partial charge is 0.315 e. The molecule has 0 saturated heterocycles. The van der Waals surface area contributed by atoms with Gasteiger partial charge in [0.15, 0.2) is 0 Å². The average Bonchev–Trinajstić information content (AvgIpc) is 3.16. The van der Waals surface area contributed by atoms with Gasteiger partial charge in [0.05, 0.1) is 18.1 Å². The van der Waals surface area contributed by atoms with Crippen molar-refractivity contribution in [1.29, 1.82) is 0 Å². The third-order valence-electron chi connectivity index (χ3n) is 3.88. The van der Waals surface area contributed by atoms with Gasteiger partial charge in [0.1, 0.15) is 0 Å². The lowest BCUT2D eigenvalue weighted by Crippen LogP contribution is -2.38. The van der Waals surface area contributed by atoms with Gasteiger partial charge >= 0.3 is 6.03 Å². The summed E-state index contributed by atoms with van der Waals surface area (Å²) in [6.45, 7) is 4.19. The topological polar surface area (TPSA) is 105 Å². The summed E-state index contributed by atoms with van der Waals surface area (Å²) in [6.07, 6.45) is 5.84. The van der Waals surface area contributed by atoms with E-state index in [0.717, 1.165) is 11.3 Å². The summed E-state index contributed by atoms with van der Waals surface area (Å²) in [5.41, 5.74) is 1.98. The minimum Gasteiger partial charge on any atom is -0.338 e. The van der Waals surface area contributed by atoms with Crippen LogP contribution in [-0.4, -0.2) is 42.8 Å². The molecule has 9 heteroatoms. The number of amides is 2. The summed E-state index contributed by atoms with van der Waals surface area (Å²) in [5, 5.41) is 5.58. The molecule has 0 fully saturated rings. The van der Waals surface area contributed by atoms with Gasteiger partial charge in [-0.15, -0.1) is 0 Å². The van der Waals surface area contributed by atoms with Crippen LogP contribution in [0.25, 0.3) is 5.69 Å². The largest absolute Gasteiger partial charge is 0.338 e. The van der Waals surface area contributed by atoms with E-state index < -0.39 is 10.0 Å². The predicted molar refractivity (Wildman–Crippen MR) is 101 cm³/mol. The van der Waals surface area contributed by atoms with Crippen molar-refractivity contribution in [3.05, 3.63) is 48.5 Å². The quantitative estimate of drug-likeness (QED) is 0.575. The number of hydrogen-bond acceptors (Lipinski definition) is 4. The number of rotatable bonds is 9. The molecular weight excluding hydrogens is 354 g/mol. The predicted octanol–water partition coefficient (Wildman–Crippen LogP) is 1.56. The lowest BCUT2D eigenvalue weighted by atomic mass is 10.1. The van der Waals surface area contributed by atoms with Crippen molar-refractivity contribution in [2.45, 2.75) is 26.3 Å². The Morgan fingerprint density at radius 3 is 2.58 bits per heavy atom. The second-order valence-electron chi connectivity index (χ2n) is 5.83. The number of aromatic nitrogens is 2. The highest BCUT2D eigenvalue weighted by Crippen LogP contribution is 2.15. The molecular formula is C17H25N5O3S. The zero-order valence-corrected chi connectivity index (χ0v) is 15.8. The molecule has 2 amide bonds. The van der Waals surface area contributed by atoms with Crippen molar-refractivity contribution < 1.29 is 13.2 Å². The Kier molecular flexibility index (Phi) is 7.16. The van der Waals surface area contributed by atoms with E-state index in [1.807, 2.05) is 42.0 Å². The molecule has 1 unspecified atom stereocenters. The molecule has 0 aliphatic heterocycles. The first kappa shape index (κ1) is 19.9. The lowest BCUT2D eigenvalue weighted by Gasteiger charge is -2.15. The van der Waals surface area contributed by atoms with Crippen LogP contribution in [0.5, 0.6) is 0 Å². The summed E-state index contributed by atoms with van der Waals surface area (Å²) in [5.74, 6) is 0.0536. The standard InChI is InChI=1S/C17H25N5O3S/c1-3-26(24,25)20-10-4-9-19-17(23)21-14(2)15-5-7-16(8-6-15)22-12-11-18-13-22/h5-8,11-14,20H,3-4,9-10H2,1-2H3,(H2,19,21,23). The number of hydrogen-bond donors (Lipinski definition) is 3. The molecule has 8 nitrogen and oxygen atoms in total. The third kappa shape index (κ3) is 6.16. The van der Waals surface area contributed by atoms with Crippen molar-refractivity contribution in [2.75, 3.05) is 18.8 Å². The fourth-order valence-corrected chi connectivity index (χ4v) is 2.96. The van der Waals surface area contributed by atoms with Gasteiger partial charge < -0.3 is 15.2 Å². The molecule has 26 heavy (non-hydrogen) atoms. The Labute approximate surface area is 154 Å². The maximum absolute atomic E-state index is 11.9. The van der Waals surface area contributed by atoms with Gasteiger partial charge in [0, 0.05) is 31.2 Å². The van der Waals surface area contributed by atoms with Crippen LogP contribution in [0.3, 0.4) is 0 Å². The summed E-state index contributed by atoms with van der Waals surface area (Å²) < 4.78 is 26.9. The highest BCUT2D eigenvalue weighted by Gasteiger charge is 2.10. The number of nitrogens with one attached hydrogen (secondary N) is 3. The van der Waals surface area contributed by atoms with Crippen LogP contribution >= 0.6 is 0 Å². The summed E-state index contributed by atoms with van der Waals surface area (Å²) >= 11 is 0. The van der Waals surface area contributed by atoms with E-state index in [4.69, 9.17) is 0 Å². The highest BCUT2D eigenvalue weighted by molar-refractivity contribution is 7.89. The molecule has 142 valence electrons. The first-order valence-corrected chi connectivity index (χ1v) is 10.2. The van der Waals surface area contributed by atoms with E-state index in [-0.39, 0.29) is 17.8 Å². The van der Waals surface area contributed by atoms with E-state index >= 15 is 0 Å². The van der Waals surface area contributed by atoms with Gasteiger partial charge in [-0.25, -0.2) is 22.9 Å². The monoisotopic (exact) mass is 379 g/mol. The van der Waals surface area contributed by atoms with E-state index in [9.17, 15) is 13.2 Å². The number of imidazole rings is 1. The van der Waals surface area contributed by atoms with Crippen LogP contribution in [0.2, 0.25) is 0 Å². The van der Waals surface area contributed by atoms with Gasteiger partial charge in [-0.1, -0.05) is 12.1 Å². The zero-order valence-electron chi connectivity index (χ0n) is 15.0. The minimum atomic E-state index is -3.18.